The number of carbonyl (C=O) groups excluding carboxylic acids is 1. The zero-order valence-electron chi connectivity index (χ0n) is 9.84. The van der Waals surface area contributed by atoms with Crippen LogP contribution in [0.25, 0.3) is 0 Å². The third-order valence-electron chi connectivity index (χ3n) is 3.52. The number of nitrogens with two attached hydrogens (primary N) is 1. The fraction of sp³-hybridized carbons (Fsp3) is 0.133. The smallest absolute Gasteiger partial charge is 0.246 e. The molecule has 1 aromatic carbocycles. The van der Waals surface area contributed by atoms with Crippen LogP contribution in [0.4, 0.5) is 0 Å². The summed E-state index contributed by atoms with van der Waals surface area (Å²) in [5.41, 5.74) is 6.67. The highest BCUT2D eigenvalue weighted by molar-refractivity contribution is 5.93. The number of amides is 1. The van der Waals surface area contributed by atoms with E-state index in [4.69, 9.17) is 5.73 Å². The van der Waals surface area contributed by atoms with Gasteiger partial charge in [-0.05, 0) is 11.1 Å². The van der Waals surface area contributed by atoms with Crippen molar-refractivity contribution in [2.75, 3.05) is 0 Å². The molecule has 0 bridgehead atoms. The highest BCUT2D eigenvalue weighted by atomic mass is 16.1. The quantitative estimate of drug-likeness (QED) is 0.818. The highest BCUT2D eigenvalue weighted by Gasteiger charge is 2.53. The summed E-state index contributed by atoms with van der Waals surface area (Å²) in [6.45, 7) is 0. The van der Waals surface area contributed by atoms with Crippen LogP contribution in [-0.2, 0) is 10.3 Å². The first kappa shape index (κ1) is 11.0. The number of benzene rings is 1. The molecule has 1 saturated heterocycles. The number of allylic oxidation sites excluding steroid dienone is 4. The zero-order chi connectivity index (χ0) is 12.6. The van der Waals surface area contributed by atoms with Crippen molar-refractivity contribution in [1.29, 1.82) is 0 Å². The number of primary amides is 1. The predicted octanol–water partition coefficient (Wildman–Crippen LogP) is 1.39. The molecule has 1 amide bonds. The van der Waals surface area contributed by atoms with Gasteiger partial charge < -0.3 is 5.73 Å². The van der Waals surface area contributed by atoms with Gasteiger partial charge >= 0.3 is 0 Å². The maximum Gasteiger partial charge on any atom is 0.246 e. The Hall–Kier alpha value is -2.13. The van der Waals surface area contributed by atoms with Crippen LogP contribution in [0.3, 0.4) is 0 Å². The number of hydrogen-bond donors (Lipinski definition) is 2. The molecule has 3 rings (SSSR count). The van der Waals surface area contributed by atoms with Gasteiger partial charge in [0, 0.05) is 0 Å². The summed E-state index contributed by atoms with van der Waals surface area (Å²) < 4.78 is 0. The van der Waals surface area contributed by atoms with Crippen LogP contribution in [0, 0.1) is 0 Å². The van der Waals surface area contributed by atoms with Crippen LogP contribution in [0.2, 0.25) is 0 Å². The molecule has 3 nitrogen and oxygen atoms in total. The Morgan fingerprint density at radius 3 is 2.67 bits per heavy atom. The van der Waals surface area contributed by atoms with E-state index in [0.717, 1.165) is 11.1 Å². The minimum atomic E-state index is -0.856. The molecule has 0 radical (unpaired) electrons. The summed E-state index contributed by atoms with van der Waals surface area (Å²) in [4.78, 5) is 11.9. The van der Waals surface area contributed by atoms with Crippen molar-refractivity contribution in [2.24, 2.45) is 5.73 Å². The molecule has 0 spiro atoms. The molecule has 1 aliphatic heterocycles. The first-order chi connectivity index (χ1) is 8.75. The lowest BCUT2D eigenvalue weighted by atomic mass is 9.70. The van der Waals surface area contributed by atoms with E-state index in [1.165, 1.54) is 0 Å². The summed E-state index contributed by atoms with van der Waals surface area (Å²) in [6.07, 6.45) is 9.85. The lowest BCUT2D eigenvalue weighted by molar-refractivity contribution is -0.125. The molecule has 90 valence electrons. The van der Waals surface area contributed by atoms with Crippen LogP contribution >= 0.6 is 0 Å². The van der Waals surface area contributed by atoms with E-state index in [0.29, 0.717) is 0 Å². The number of nitrogens with one attached hydrogen (secondary N) is 1. The van der Waals surface area contributed by atoms with Crippen molar-refractivity contribution >= 4 is 5.91 Å². The zero-order valence-corrected chi connectivity index (χ0v) is 9.84. The van der Waals surface area contributed by atoms with E-state index in [1.54, 1.807) is 0 Å². The van der Waals surface area contributed by atoms with Gasteiger partial charge in [-0.2, -0.15) is 0 Å². The molecule has 1 fully saturated rings. The van der Waals surface area contributed by atoms with Crippen LogP contribution in [0.5, 0.6) is 0 Å². The minimum absolute atomic E-state index is 0.0905. The molecule has 2 unspecified atom stereocenters. The molecule has 1 aromatic rings. The summed E-state index contributed by atoms with van der Waals surface area (Å²) in [5, 5.41) is 3.28. The molecule has 2 aliphatic rings. The summed E-state index contributed by atoms with van der Waals surface area (Å²) in [5.74, 6) is -0.361. The van der Waals surface area contributed by atoms with E-state index >= 15 is 0 Å². The summed E-state index contributed by atoms with van der Waals surface area (Å²) in [7, 11) is 0. The second kappa shape index (κ2) is 3.96. The van der Waals surface area contributed by atoms with Crippen molar-refractivity contribution in [3.63, 3.8) is 0 Å². The molecule has 3 heteroatoms. The second-order valence-electron chi connectivity index (χ2n) is 4.49. The van der Waals surface area contributed by atoms with Gasteiger partial charge in [-0.25, -0.2) is 0 Å². The molecule has 0 saturated carbocycles. The van der Waals surface area contributed by atoms with E-state index in [2.05, 4.69) is 5.32 Å². The Bertz CT molecular complexity index is 571. The number of hydrogen-bond acceptors (Lipinski definition) is 2. The van der Waals surface area contributed by atoms with Gasteiger partial charge in [0.25, 0.3) is 0 Å². The minimum Gasteiger partial charge on any atom is -0.367 e. The lowest BCUT2D eigenvalue weighted by Crippen LogP contribution is -2.68. The Morgan fingerprint density at radius 2 is 1.94 bits per heavy atom. The predicted molar refractivity (Wildman–Crippen MR) is 70.6 cm³/mol. The topological polar surface area (TPSA) is 55.1 Å². The average molecular weight is 238 g/mol. The van der Waals surface area contributed by atoms with Crippen molar-refractivity contribution in [3.8, 4) is 0 Å². The molecular weight excluding hydrogens is 224 g/mol. The van der Waals surface area contributed by atoms with Crippen LogP contribution in [-0.4, -0.2) is 11.9 Å². The van der Waals surface area contributed by atoms with E-state index < -0.39 is 5.54 Å². The molecule has 2 atom stereocenters. The van der Waals surface area contributed by atoms with Crippen molar-refractivity contribution < 1.29 is 4.79 Å². The molecule has 1 aliphatic carbocycles. The monoisotopic (exact) mass is 238 g/mol. The molecule has 3 N–H and O–H groups in total. The lowest BCUT2D eigenvalue weighted by Gasteiger charge is -2.48. The van der Waals surface area contributed by atoms with E-state index in [9.17, 15) is 4.79 Å². The largest absolute Gasteiger partial charge is 0.367 e. The molecule has 0 aromatic heterocycles. The van der Waals surface area contributed by atoms with Gasteiger partial charge in [0.1, 0.15) is 5.54 Å². The molecule has 18 heavy (non-hydrogen) atoms. The number of fused-ring (bicyclic) bond motifs is 1. The maximum absolute atomic E-state index is 11.9. The van der Waals surface area contributed by atoms with Crippen molar-refractivity contribution in [3.05, 3.63) is 71.8 Å². The van der Waals surface area contributed by atoms with Gasteiger partial charge in [-0.3, -0.25) is 10.1 Å². The van der Waals surface area contributed by atoms with Crippen LogP contribution in [0.15, 0.2) is 66.3 Å². The molecular formula is C15H14N2O. The van der Waals surface area contributed by atoms with Crippen LogP contribution in [0.1, 0.15) is 5.56 Å². The van der Waals surface area contributed by atoms with Gasteiger partial charge in [-0.15, -0.1) is 0 Å². The number of rotatable bonds is 2. The third-order valence-corrected chi connectivity index (χ3v) is 3.52. The summed E-state index contributed by atoms with van der Waals surface area (Å²) >= 11 is 0. The first-order valence-corrected chi connectivity index (χ1v) is 5.94. The van der Waals surface area contributed by atoms with Gasteiger partial charge in [0.05, 0.1) is 6.04 Å². The maximum atomic E-state index is 11.9. The highest BCUT2D eigenvalue weighted by Crippen LogP contribution is 2.41. The van der Waals surface area contributed by atoms with Gasteiger partial charge in [0.15, 0.2) is 0 Å². The normalized spacial score (nSPS) is 28.9. The van der Waals surface area contributed by atoms with Crippen molar-refractivity contribution in [2.45, 2.75) is 11.6 Å². The van der Waals surface area contributed by atoms with Gasteiger partial charge in [0.2, 0.25) is 5.91 Å². The number of carbonyl (C=O) groups is 1. The average Bonchev–Trinajstić information content (AvgIpc) is 2.54. The van der Waals surface area contributed by atoms with Crippen molar-refractivity contribution in [1.82, 2.24) is 5.32 Å². The third kappa shape index (κ3) is 1.38. The van der Waals surface area contributed by atoms with E-state index in [1.807, 2.05) is 60.7 Å². The molecule has 1 heterocycles. The van der Waals surface area contributed by atoms with E-state index in [-0.39, 0.29) is 11.9 Å². The Labute approximate surface area is 106 Å². The summed E-state index contributed by atoms with van der Waals surface area (Å²) in [6, 6.07) is 9.69. The Kier molecular flexibility index (Phi) is 2.42. The first-order valence-electron chi connectivity index (χ1n) is 5.94. The fourth-order valence-corrected chi connectivity index (χ4v) is 2.62. The van der Waals surface area contributed by atoms with Gasteiger partial charge in [-0.1, -0.05) is 60.7 Å². The fourth-order valence-electron chi connectivity index (χ4n) is 2.62. The Morgan fingerprint density at radius 1 is 1.17 bits per heavy atom. The van der Waals surface area contributed by atoms with Crippen LogP contribution < -0.4 is 11.1 Å². The Balaban J connectivity index is 2.11. The SMILES string of the molecule is NC(=O)C1(c2ccccc2)NC2C=CC=CC=C21. The second-order valence-corrected chi connectivity index (χ2v) is 4.49. The standard InChI is InChI=1S/C15H14N2O/c16-14(18)15(11-7-3-1-4-8-11)12-9-5-2-6-10-13(12)17-15/h1-10,13,17H,(H2,16,18).